The molecule has 0 radical (unpaired) electrons. The minimum atomic E-state index is 0.188. The molecule has 3 rings (SSSR count). The van der Waals surface area contributed by atoms with Crippen molar-refractivity contribution in [3.05, 3.63) is 0 Å². The van der Waals surface area contributed by atoms with E-state index in [9.17, 15) is 4.79 Å². The maximum Gasteiger partial charge on any atom is 0.239 e. The predicted molar refractivity (Wildman–Crippen MR) is 89.9 cm³/mol. The lowest BCUT2D eigenvalue weighted by Gasteiger charge is -2.43. The van der Waals surface area contributed by atoms with Crippen LogP contribution in [0, 0.1) is 0 Å². The minimum Gasteiger partial charge on any atom is -0.341 e. The normalized spacial score (nSPS) is 29.4. The van der Waals surface area contributed by atoms with Crippen LogP contribution in [0.15, 0.2) is 0 Å². The number of carbonyl (C=O) groups is 1. The lowest BCUT2D eigenvalue weighted by atomic mass is 9.96. The Morgan fingerprint density at radius 1 is 0.864 bits per heavy atom. The molecule has 1 amide bonds. The van der Waals surface area contributed by atoms with Gasteiger partial charge in [0.05, 0.1) is 6.04 Å². The van der Waals surface area contributed by atoms with Crippen molar-refractivity contribution in [3.63, 3.8) is 0 Å². The second-order valence-electron chi connectivity index (χ2n) is 7.71. The number of amides is 1. The van der Waals surface area contributed by atoms with Gasteiger partial charge in [-0.15, -0.1) is 0 Å². The van der Waals surface area contributed by atoms with E-state index in [-0.39, 0.29) is 6.04 Å². The Hall–Kier alpha value is -0.610. The third kappa shape index (κ3) is 3.48. The average molecular weight is 307 g/mol. The van der Waals surface area contributed by atoms with Crippen LogP contribution in [0.5, 0.6) is 0 Å². The van der Waals surface area contributed by atoms with Gasteiger partial charge in [-0.25, -0.2) is 0 Å². The third-order valence-corrected chi connectivity index (χ3v) is 6.13. The molecule has 0 spiro atoms. The van der Waals surface area contributed by atoms with Gasteiger partial charge in [-0.1, -0.05) is 19.3 Å². The predicted octanol–water partition coefficient (Wildman–Crippen LogP) is 2.34. The van der Waals surface area contributed by atoms with Crippen molar-refractivity contribution >= 4 is 5.91 Å². The van der Waals surface area contributed by atoms with Crippen LogP contribution in [0.2, 0.25) is 0 Å². The number of carbonyl (C=O) groups excluding carboxylic acids is 1. The van der Waals surface area contributed by atoms with E-state index in [1.165, 1.54) is 38.5 Å². The molecule has 0 aromatic rings. The van der Waals surface area contributed by atoms with Crippen LogP contribution in [0.25, 0.3) is 0 Å². The summed E-state index contributed by atoms with van der Waals surface area (Å²) in [4.78, 5) is 20.1. The smallest absolute Gasteiger partial charge is 0.239 e. The van der Waals surface area contributed by atoms with Crippen LogP contribution in [-0.4, -0.2) is 72.5 Å². The summed E-state index contributed by atoms with van der Waals surface area (Å²) in [6.07, 6.45) is 11.2. The Balaban J connectivity index is 1.60. The van der Waals surface area contributed by atoms with Crippen molar-refractivity contribution in [2.24, 2.45) is 0 Å². The molecule has 0 unspecified atom stereocenters. The van der Waals surface area contributed by atoms with E-state index in [1.807, 2.05) is 0 Å². The quantitative estimate of drug-likeness (QED) is 0.801. The number of hydrogen-bond acceptors (Lipinski definition) is 3. The first-order valence-corrected chi connectivity index (χ1v) is 9.38. The molecule has 3 fully saturated rings. The van der Waals surface area contributed by atoms with E-state index in [1.54, 1.807) is 0 Å². The first kappa shape index (κ1) is 16.3. The Morgan fingerprint density at radius 3 is 2.14 bits per heavy atom. The summed E-state index contributed by atoms with van der Waals surface area (Å²) >= 11 is 0. The molecule has 1 saturated carbocycles. The van der Waals surface area contributed by atoms with Gasteiger partial charge in [0, 0.05) is 25.2 Å². The second-order valence-corrected chi connectivity index (χ2v) is 7.71. The van der Waals surface area contributed by atoms with E-state index in [2.05, 4.69) is 28.8 Å². The molecule has 0 bridgehead atoms. The van der Waals surface area contributed by atoms with E-state index in [0.29, 0.717) is 18.0 Å². The molecule has 3 aliphatic rings. The van der Waals surface area contributed by atoms with Crippen molar-refractivity contribution in [2.75, 3.05) is 33.7 Å². The standard InChI is InChI=1S/C18H33N3O/c1-19(2)15-10-13-20(14-11-15)18(22)17-9-5-6-12-21(17)16-7-3-4-8-16/h15-17H,3-14H2,1-2H3/t17-/m1/s1. The highest BCUT2D eigenvalue weighted by Crippen LogP contribution is 2.30. The molecule has 2 saturated heterocycles. The zero-order chi connectivity index (χ0) is 15.5. The molecule has 4 heteroatoms. The molecule has 0 N–H and O–H groups in total. The van der Waals surface area contributed by atoms with Gasteiger partial charge in [-0.05, 0) is 59.2 Å². The number of rotatable bonds is 3. The van der Waals surface area contributed by atoms with Crippen molar-refractivity contribution in [2.45, 2.75) is 75.9 Å². The molecule has 1 aliphatic carbocycles. The summed E-state index contributed by atoms with van der Waals surface area (Å²) in [6, 6.07) is 1.53. The summed E-state index contributed by atoms with van der Waals surface area (Å²) in [5, 5.41) is 0. The summed E-state index contributed by atoms with van der Waals surface area (Å²) in [7, 11) is 4.32. The average Bonchev–Trinajstić information content (AvgIpc) is 3.08. The first-order chi connectivity index (χ1) is 10.7. The molecular formula is C18H33N3O. The highest BCUT2D eigenvalue weighted by Gasteiger charge is 2.37. The van der Waals surface area contributed by atoms with Crippen LogP contribution in [0.3, 0.4) is 0 Å². The molecule has 4 nitrogen and oxygen atoms in total. The highest BCUT2D eigenvalue weighted by molar-refractivity contribution is 5.82. The van der Waals surface area contributed by atoms with Crippen LogP contribution >= 0.6 is 0 Å². The number of hydrogen-bond donors (Lipinski definition) is 0. The number of likely N-dealkylation sites (tertiary alicyclic amines) is 2. The van der Waals surface area contributed by atoms with Crippen molar-refractivity contribution in [3.8, 4) is 0 Å². The van der Waals surface area contributed by atoms with Crippen molar-refractivity contribution in [1.29, 1.82) is 0 Å². The summed E-state index contributed by atoms with van der Waals surface area (Å²) in [6.45, 7) is 3.06. The Kier molecular flexibility index (Phi) is 5.40. The van der Waals surface area contributed by atoms with Gasteiger partial charge in [0.1, 0.15) is 0 Å². The van der Waals surface area contributed by atoms with Crippen molar-refractivity contribution < 1.29 is 4.79 Å². The van der Waals surface area contributed by atoms with E-state index >= 15 is 0 Å². The SMILES string of the molecule is CN(C)C1CCN(C(=O)[C@H]2CCCCN2C2CCCC2)CC1. The molecule has 2 aliphatic heterocycles. The van der Waals surface area contributed by atoms with Gasteiger partial charge in [-0.2, -0.15) is 0 Å². The largest absolute Gasteiger partial charge is 0.341 e. The molecular weight excluding hydrogens is 274 g/mol. The minimum absolute atomic E-state index is 0.188. The second kappa shape index (κ2) is 7.31. The molecule has 0 aromatic carbocycles. The molecule has 126 valence electrons. The molecule has 1 atom stereocenters. The molecule has 22 heavy (non-hydrogen) atoms. The van der Waals surface area contributed by atoms with Gasteiger partial charge in [-0.3, -0.25) is 9.69 Å². The van der Waals surface area contributed by atoms with Crippen molar-refractivity contribution in [1.82, 2.24) is 14.7 Å². The van der Waals surface area contributed by atoms with E-state index < -0.39 is 0 Å². The topological polar surface area (TPSA) is 26.8 Å². The fourth-order valence-corrected chi connectivity index (χ4v) is 4.71. The zero-order valence-corrected chi connectivity index (χ0v) is 14.5. The zero-order valence-electron chi connectivity index (χ0n) is 14.5. The maximum absolute atomic E-state index is 13.1. The first-order valence-electron chi connectivity index (χ1n) is 9.38. The molecule has 0 aromatic heterocycles. The fraction of sp³-hybridized carbons (Fsp3) is 0.944. The maximum atomic E-state index is 13.1. The number of nitrogens with zero attached hydrogens (tertiary/aromatic N) is 3. The fourth-order valence-electron chi connectivity index (χ4n) is 4.71. The van der Waals surface area contributed by atoms with Crippen LogP contribution in [0.1, 0.15) is 57.8 Å². The van der Waals surface area contributed by atoms with E-state index in [0.717, 1.165) is 38.9 Å². The van der Waals surface area contributed by atoms with Crippen LogP contribution in [0.4, 0.5) is 0 Å². The van der Waals surface area contributed by atoms with E-state index in [4.69, 9.17) is 0 Å². The Morgan fingerprint density at radius 2 is 1.50 bits per heavy atom. The van der Waals surface area contributed by atoms with Gasteiger partial charge >= 0.3 is 0 Å². The summed E-state index contributed by atoms with van der Waals surface area (Å²) in [5.74, 6) is 0.434. The highest BCUT2D eigenvalue weighted by atomic mass is 16.2. The summed E-state index contributed by atoms with van der Waals surface area (Å²) in [5.41, 5.74) is 0. The lowest BCUT2D eigenvalue weighted by Crippen LogP contribution is -2.56. The van der Waals surface area contributed by atoms with Gasteiger partial charge in [0.2, 0.25) is 5.91 Å². The Bertz CT molecular complexity index is 371. The summed E-state index contributed by atoms with van der Waals surface area (Å²) < 4.78 is 0. The number of piperidine rings is 2. The van der Waals surface area contributed by atoms with Gasteiger partial charge in [0.15, 0.2) is 0 Å². The third-order valence-electron chi connectivity index (χ3n) is 6.13. The van der Waals surface area contributed by atoms with Gasteiger partial charge < -0.3 is 9.80 Å². The van der Waals surface area contributed by atoms with Crippen LogP contribution in [-0.2, 0) is 4.79 Å². The monoisotopic (exact) mass is 307 g/mol. The van der Waals surface area contributed by atoms with Crippen LogP contribution < -0.4 is 0 Å². The Labute approximate surface area is 135 Å². The lowest BCUT2D eigenvalue weighted by molar-refractivity contribution is -0.141. The van der Waals surface area contributed by atoms with Gasteiger partial charge in [0.25, 0.3) is 0 Å². The molecule has 2 heterocycles.